The average Bonchev–Trinajstić information content (AvgIpc) is 2.34. The molecule has 0 bridgehead atoms. The summed E-state index contributed by atoms with van der Waals surface area (Å²) in [5.74, 6) is 0.733. The van der Waals surface area contributed by atoms with Crippen molar-refractivity contribution in [1.82, 2.24) is 5.32 Å². The first-order valence-corrected chi connectivity index (χ1v) is 7.84. The summed E-state index contributed by atoms with van der Waals surface area (Å²) >= 11 is 13.4. The Morgan fingerprint density at radius 1 is 1.47 bits per heavy atom. The smallest absolute Gasteiger partial charge is 0.319 e. The summed E-state index contributed by atoms with van der Waals surface area (Å²) in [7, 11) is 0. The lowest BCUT2D eigenvalue weighted by atomic mass is 10.2. The number of nitrogens with one attached hydrogen (secondary N) is 2. The number of urea groups is 1. The minimum absolute atomic E-state index is 0.0312. The summed E-state index contributed by atoms with van der Waals surface area (Å²) in [5, 5.41) is 15.3. The van der Waals surface area contributed by atoms with Gasteiger partial charge < -0.3 is 15.7 Å². The first kappa shape index (κ1) is 16.4. The number of hydrogen-bond acceptors (Lipinski definition) is 3. The number of anilines is 1. The molecule has 0 aromatic heterocycles. The van der Waals surface area contributed by atoms with Gasteiger partial charge in [-0.1, -0.05) is 23.2 Å². The summed E-state index contributed by atoms with van der Waals surface area (Å²) in [6.07, 6.45) is 2.45. The van der Waals surface area contributed by atoms with Crippen LogP contribution in [-0.2, 0) is 0 Å². The van der Waals surface area contributed by atoms with E-state index in [2.05, 4.69) is 10.6 Å². The molecule has 0 radical (unpaired) electrons. The van der Waals surface area contributed by atoms with Crippen molar-refractivity contribution in [3.05, 3.63) is 28.2 Å². The summed E-state index contributed by atoms with van der Waals surface area (Å²) in [5.41, 5.74) is 0.457. The van der Waals surface area contributed by atoms with Crippen LogP contribution in [0.25, 0.3) is 0 Å². The van der Waals surface area contributed by atoms with Gasteiger partial charge >= 0.3 is 6.03 Å². The van der Waals surface area contributed by atoms with Gasteiger partial charge in [-0.2, -0.15) is 11.8 Å². The Kier molecular flexibility index (Phi) is 7.38. The minimum Gasteiger partial charge on any atom is -0.396 e. The molecule has 1 rings (SSSR count). The summed E-state index contributed by atoms with van der Waals surface area (Å²) in [6.45, 7) is 0.0312. The molecule has 0 aliphatic rings. The number of thioether (sulfide) groups is 1. The molecule has 19 heavy (non-hydrogen) atoms. The molecule has 1 aromatic rings. The fourth-order valence-electron chi connectivity index (χ4n) is 1.49. The van der Waals surface area contributed by atoms with Crippen LogP contribution in [-0.4, -0.2) is 35.8 Å². The Morgan fingerprint density at radius 2 is 2.21 bits per heavy atom. The highest BCUT2D eigenvalue weighted by Crippen LogP contribution is 2.25. The lowest BCUT2D eigenvalue weighted by molar-refractivity contribution is 0.241. The monoisotopic (exact) mass is 322 g/mol. The Hall–Kier alpha value is -0.620. The number of amides is 2. The van der Waals surface area contributed by atoms with Crippen molar-refractivity contribution in [2.45, 2.75) is 12.5 Å². The van der Waals surface area contributed by atoms with E-state index in [0.29, 0.717) is 22.2 Å². The second-order valence-electron chi connectivity index (χ2n) is 3.89. The van der Waals surface area contributed by atoms with Crippen LogP contribution in [0, 0.1) is 0 Å². The number of halogens is 2. The summed E-state index contributed by atoms with van der Waals surface area (Å²) in [4.78, 5) is 11.8. The molecule has 0 saturated heterocycles. The molecule has 0 fully saturated rings. The first-order valence-electron chi connectivity index (χ1n) is 5.69. The van der Waals surface area contributed by atoms with Crippen LogP contribution in [0.3, 0.4) is 0 Å². The molecule has 1 atom stereocenters. The third-order valence-corrected chi connectivity index (χ3v) is 3.66. The molecular formula is C12H16Cl2N2O2S. The molecule has 106 valence electrons. The van der Waals surface area contributed by atoms with E-state index in [0.717, 1.165) is 5.75 Å². The summed E-state index contributed by atoms with van der Waals surface area (Å²) in [6, 6.07) is 4.40. The van der Waals surface area contributed by atoms with Gasteiger partial charge in [0.2, 0.25) is 0 Å². The quantitative estimate of drug-likeness (QED) is 0.753. The highest BCUT2D eigenvalue weighted by atomic mass is 35.5. The van der Waals surface area contributed by atoms with Gasteiger partial charge in [0.05, 0.1) is 10.7 Å². The van der Waals surface area contributed by atoms with Gasteiger partial charge in [-0.05, 0) is 30.9 Å². The molecule has 1 unspecified atom stereocenters. The van der Waals surface area contributed by atoms with Crippen LogP contribution in [0.15, 0.2) is 18.2 Å². The molecule has 0 heterocycles. The van der Waals surface area contributed by atoms with Crippen molar-refractivity contribution < 1.29 is 9.90 Å². The highest BCUT2D eigenvalue weighted by Gasteiger charge is 2.12. The number of rotatable bonds is 6. The molecule has 1 aromatic carbocycles. The lowest BCUT2D eigenvalue weighted by Crippen LogP contribution is -2.40. The molecule has 0 aliphatic heterocycles. The molecule has 3 N–H and O–H groups in total. The lowest BCUT2D eigenvalue weighted by Gasteiger charge is -2.17. The first-order chi connectivity index (χ1) is 9.06. The second-order valence-corrected chi connectivity index (χ2v) is 5.64. The zero-order valence-electron chi connectivity index (χ0n) is 10.5. The Bertz CT molecular complexity index is 426. The largest absolute Gasteiger partial charge is 0.396 e. The molecule has 2 amide bonds. The van der Waals surface area contributed by atoms with E-state index < -0.39 is 0 Å². The normalized spacial score (nSPS) is 12.0. The van der Waals surface area contributed by atoms with E-state index in [9.17, 15) is 4.79 Å². The maximum atomic E-state index is 11.8. The van der Waals surface area contributed by atoms with Gasteiger partial charge in [0, 0.05) is 23.4 Å². The van der Waals surface area contributed by atoms with Crippen molar-refractivity contribution in [3.8, 4) is 0 Å². The summed E-state index contributed by atoms with van der Waals surface area (Å²) < 4.78 is 0. The average molecular weight is 323 g/mol. The fraction of sp³-hybridized carbons (Fsp3) is 0.417. The number of carbonyl (C=O) groups excluding carboxylic acids is 1. The van der Waals surface area contributed by atoms with Gasteiger partial charge in [-0.15, -0.1) is 0 Å². The second kappa shape index (κ2) is 8.53. The maximum Gasteiger partial charge on any atom is 0.319 e. The van der Waals surface area contributed by atoms with Gasteiger partial charge in [0.25, 0.3) is 0 Å². The van der Waals surface area contributed by atoms with E-state index in [4.69, 9.17) is 28.3 Å². The van der Waals surface area contributed by atoms with Gasteiger partial charge in [-0.3, -0.25) is 0 Å². The van der Waals surface area contributed by atoms with Crippen LogP contribution in [0.2, 0.25) is 10.0 Å². The van der Waals surface area contributed by atoms with Crippen LogP contribution in [0.5, 0.6) is 0 Å². The third kappa shape index (κ3) is 5.91. The van der Waals surface area contributed by atoms with Crippen LogP contribution in [0.1, 0.15) is 6.42 Å². The van der Waals surface area contributed by atoms with Crippen molar-refractivity contribution in [2.24, 2.45) is 0 Å². The molecule has 4 nitrogen and oxygen atoms in total. The van der Waals surface area contributed by atoms with E-state index >= 15 is 0 Å². The molecular weight excluding hydrogens is 307 g/mol. The fourth-order valence-corrected chi connectivity index (χ4v) is 2.48. The molecule has 0 spiro atoms. The van der Waals surface area contributed by atoms with Crippen molar-refractivity contribution in [2.75, 3.05) is 23.9 Å². The maximum absolute atomic E-state index is 11.8. The zero-order valence-corrected chi connectivity index (χ0v) is 12.8. The van der Waals surface area contributed by atoms with Crippen molar-refractivity contribution >= 4 is 46.7 Å². The molecule has 0 saturated carbocycles. The van der Waals surface area contributed by atoms with Crippen molar-refractivity contribution in [3.63, 3.8) is 0 Å². The third-order valence-electron chi connectivity index (χ3n) is 2.36. The predicted octanol–water partition coefficient (Wildman–Crippen LogP) is 3.23. The standard InChI is InChI=1S/C12H16Cl2N2O2S/c1-19-7-9(4-5-17)15-12(18)16-11-6-8(13)2-3-10(11)14/h2-3,6,9,17H,4-5,7H2,1H3,(H2,15,16,18). The van der Waals surface area contributed by atoms with Crippen LogP contribution in [0.4, 0.5) is 10.5 Å². The van der Waals surface area contributed by atoms with Crippen molar-refractivity contribution in [1.29, 1.82) is 0 Å². The molecule has 7 heteroatoms. The highest BCUT2D eigenvalue weighted by molar-refractivity contribution is 7.98. The number of hydrogen-bond donors (Lipinski definition) is 3. The topological polar surface area (TPSA) is 61.4 Å². The number of benzene rings is 1. The van der Waals surface area contributed by atoms with E-state index in [1.165, 1.54) is 0 Å². The van der Waals surface area contributed by atoms with Gasteiger partial charge in [0.15, 0.2) is 0 Å². The Balaban J connectivity index is 2.60. The van der Waals surface area contributed by atoms with E-state index in [1.54, 1.807) is 30.0 Å². The van der Waals surface area contributed by atoms with E-state index in [1.807, 2.05) is 6.26 Å². The van der Waals surface area contributed by atoms with Gasteiger partial charge in [0.1, 0.15) is 0 Å². The Labute approximate surface area is 126 Å². The van der Waals surface area contributed by atoms with Crippen LogP contribution < -0.4 is 10.6 Å². The predicted molar refractivity (Wildman–Crippen MR) is 82.5 cm³/mol. The number of carbonyl (C=O) groups is 1. The number of aliphatic hydroxyl groups excluding tert-OH is 1. The SMILES string of the molecule is CSCC(CCO)NC(=O)Nc1cc(Cl)ccc1Cl. The minimum atomic E-state index is -0.364. The number of aliphatic hydroxyl groups is 1. The van der Waals surface area contributed by atoms with Gasteiger partial charge in [-0.25, -0.2) is 4.79 Å². The van der Waals surface area contributed by atoms with E-state index in [-0.39, 0.29) is 18.7 Å². The Morgan fingerprint density at radius 3 is 2.84 bits per heavy atom. The molecule has 0 aliphatic carbocycles. The zero-order chi connectivity index (χ0) is 14.3. The van der Waals surface area contributed by atoms with Crippen LogP contribution >= 0.6 is 35.0 Å².